The molecule has 3 saturated heterocycles. The Hall–Kier alpha value is -3.35. The van der Waals surface area contributed by atoms with Gasteiger partial charge in [0.05, 0.1) is 10.1 Å². The van der Waals surface area contributed by atoms with Crippen molar-refractivity contribution in [1.82, 2.24) is 19.6 Å². The molecule has 0 unspecified atom stereocenters. The number of aliphatic hydroxyl groups is 1. The topological polar surface area (TPSA) is 126 Å². The van der Waals surface area contributed by atoms with Crippen molar-refractivity contribution in [2.24, 2.45) is 0 Å². The van der Waals surface area contributed by atoms with Crippen molar-refractivity contribution in [2.75, 3.05) is 51.1 Å². The first-order valence-corrected chi connectivity index (χ1v) is 17.7. The van der Waals surface area contributed by atoms with Crippen LogP contribution in [0.2, 0.25) is 0 Å². The van der Waals surface area contributed by atoms with Crippen molar-refractivity contribution in [3.63, 3.8) is 0 Å². The van der Waals surface area contributed by atoms with Gasteiger partial charge in [0.25, 0.3) is 5.91 Å². The highest BCUT2D eigenvalue weighted by molar-refractivity contribution is 9.10. The number of fused-ring (bicyclic) bond motifs is 1. The lowest BCUT2D eigenvalue weighted by Crippen LogP contribution is -2.54. The van der Waals surface area contributed by atoms with E-state index in [0.29, 0.717) is 56.1 Å². The molecule has 0 saturated carbocycles. The van der Waals surface area contributed by atoms with E-state index in [9.17, 15) is 24.6 Å². The number of aromatic hydroxyl groups is 1. The van der Waals surface area contributed by atoms with E-state index in [1.165, 1.54) is 0 Å². The van der Waals surface area contributed by atoms with E-state index in [2.05, 4.69) is 26.1 Å². The van der Waals surface area contributed by atoms with Gasteiger partial charge in [-0.15, -0.1) is 0 Å². The monoisotopic (exact) mass is 711 g/mol. The molecule has 3 N–H and O–H groups in total. The maximum absolute atomic E-state index is 13.9. The molecule has 12 heteroatoms. The minimum Gasteiger partial charge on any atom is -0.507 e. The normalized spacial score (nSPS) is 21.9. The van der Waals surface area contributed by atoms with E-state index in [4.69, 9.17) is 4.74 Å². The number of carbonyl (C=O) groups is 3. The van der Waals surface area contributed by atoms with E-state index < -0.39 is 17.8 Å². The van der Waals surface area contributed by atoms with Crippen LogP contribution in [-0.4, -0.2) is 117 Å². The molecule has 11 nitrogen and oxygen atoms in total. The van der Waals surface area contributed by atoms with Gasteiger partial charge in [-0.1, -0.05) is 24.3 Å². The van der Waals surface area contributed by atoms with Crippen molar-refractivity contribution in [3.8, 4) is 5.75 Å². The molecule has 254 valence electrons. The highest BCUT2D eigenvalue weighted by atomic mass is 79.9. The molecule has 1 atom stereocenters. The standard InChI is InChI=1S/C35H46BrN5O6/c1-35(46)13-20-38(21-14-35)26-9-15-39(16-10-26)32(43)31(23-24-6-7-30(42)28(36)22-24)47-34(45)40-17-11-27(12-18-40)41-19-8-25-4-2-3-5-29(25)37-33(41)44/h2-7,22,26-27,31,42,46H,8-21,23H2,1H3,(H,37,44)/t31-/m1/s1. The first-order chi connectivity index (χ1) is 22.6. The van der Waals surface area contributed by atoms with Gasteiger partial charge in [-0.3, -0.25) is 4.79 Å². The Morgan fingerprint density at radius 2 is 1.62 bits per heavy atom. The Labute approximate surface area is 285 Å². The maximum atomic E-state index is 13.9. The number of hydrogen-bond donors (Lipinski definition) is 3. The van der Waals surface area contributed by atoms with Crippen LogP contribution in [0.5, 0.6) is 5.75 Å². The number of likely N-dealkylation sites (tertiary alicyclic amines) is 3. The molecule has 0 aliphatic carbocycles. The summed E-state index contributed by atoms with van der Waals surface area (Å²) in [5.74, 6) is -0.113. The Morgan fingerprint density at radius 3 is 2.32 bits per heavy atom. The predicted octanol–water partition coefficient (Wildman–Crippen LogP) is 4.59. The number of anilines is 1. The van der Waals surface area contributed by atoms with Gasteiger partial charge in [0.2, 0.25) is 0 Å². The average Bonchev–Trinajstić information content (AvgIpc) is 3.24. The molecule has 2 aromatic carbocycles. The zero-order chi connectivity index (χ0) is 33.1. The fraction of sp³-hybridized carbons (Fsp3) is 0.571. The predicted molar refractivity (Wildman–Crippen MR) is 181 cm³/mol. The van der Waals surface area contributed by atoms with Crippen LogP contribution in [-0.2, 0) is 22.4 Å². The van der Waals surface area contributed by atoms with Crippen molar-refractivity contribution in [2.45, 2.75) is 82.1 Å². The molecular formula is C35H46BrN5O6. The second-order valence-corrected chi connectivity index (χ2v) is 14.6. The fourth-order valence-corrected chi connectivity index (χ4v) is 7.82. The van der Waals surface area contributed by atoms with Gasteiger partial charge >= 0.3 is 12.1 Å². The van der Waals surface area contributed by atoms with E-state index in [1.54, 1.807) is 23.1 Å². The number of halogens is 1. The number of amides is 4. The van der Waals surface area contributed by atoms with Crippen LogP contribution < -0.4 is 5.32 Å². The summed E-state index contributed by atoms with van der Waals surface area (Å²) in [7, 11) is 0. The number of benzene rings is 2. The molecule has 6 rings (SSSR count). The van der Waals surface area contributed by atoms with Gasteiger partial charge in [0.15, 0.2) is 6.10 Å². The summed E-state index contributed by atoms with van der Waals surface area (Å²) in [5, 5.41) is 23.4. The fourth-order valence-electron chi connectivity index (χ4n) is 7.39. The van der Waals surface area contributed by atoms with Gasteiger partial charge in [-0.25, -0.2) is 9.59 Å². The SMILES string of the molecule is CC1(O)CCN(C2CCN(C(=O)[C@@H](Cc3ccc(O)c(Br)c3)OC(=O)N3CCC(N4CCc5ccccc5NC4=O)CC3)CC2)CC1. The number of rotatable bonds is 6. The molecule has 4 aliphatic heterocycles. The number of ether oxygens (including phenoxy) is 1. The number of piperidine rings is 3. The Bertz CT molecular complexity index is 1450. The van der Waals surface area contributed by atoms with Crippen LogP contribution in [0.4, 0.5) is 15.3 Å². The Balaban J connectivity index is 1.06. The molecular weight excluding hydrogens is 666 g/mol. The first kappa shape index (κ1) is 33.5. The van der Waals surface area contributed by atoms with Gasteiger partial charge in [0.1, 0.15) is 5.75 Å². The average molecular weight is 713 g/mol. The highest BCUT2D eigenvalue weighted by Gasteiger charge is 2.37. The number of phenols is 1. The van der Waals surface area contributed by atoms with Crippen molar-refractivity contribution in [3.05, 3.63) is 58.1 Å². The molecule has 0 aromatic heterocycles. The van der Waals surface area contributed by atoms with Gasteiger partial charge < -0.3 is 39.9 Å². The van der Waals surface area contributed by atoms with E-state index in [1.807, 2.05) is 41.0 Å². The largest absolute Gasteiger partial charge is 0.507 e. The minimum atomic E-state index is -1.01. The van der Waals surface area contributed by atoms with Crippen LogP contribution in [0.3, 0.4) is 0 Å². The second kappa shape index (κ2) is 14.4. The van der Waals surface area contributed by atoms with Gasteiger partial charge in [-0.2, -0.15) is 0 Å². The summed E-state index contributed by atoms with van der Waals surface area (Å²) in [6, 6.07) is 13.2. The quantitative estimate of drug-likeness (QED) is 0.400. The smallest absolute Gasteiger partial charge is 0.410 e. The van der Waals surface area contributed by atoms with Crippen molar-refractivity contribution in [1.29, 1.82) is 0 Å². The molecule has 3 fully saturated rings. The summed E-state index contributed by atoms with van der Waals surface area (Å²) in [6.45, 7) is 6.25. The molecule has 4 aliphatic rings. The summed E-state index contributed by atoms with van der Waals surface area (Å²) >= 11 is 3.36. The molecule has 47 heavy (non-hydrogen) atoms. The number of carbonyl (C=O) groups excluding carboxylic acids is 3. The summed E-state index contributed by atoms with van der Waals surface area (Å²) in [5.41, 5.74) is 2.13. The third-order valence-corrected chi connectivity index (χ3v) is 11.1. The van der Waals surface area contributed by atoms with E-state index in [0.717, 1.165) is 62.0 Å². The number of nitrogens with zero attached hydrogens (tertiary/aromatic N) is 4. The number of urea groups is 1. The van der Waals surface area contributed by atoms with E-state index in [-0.39, 0.29) is 30.2 Å². The number of phenolic OH excluding ortho intramolecular Hbond substituents is 1. The third kappa shape index (κ3) is 8.04. The summed E-state index contributed by atoms with van der Waals surface area (Å²) in [6.07, 6.45) is 3.86. The van der Waals surface area contributed by atoms with Crippen LogP contribution >= 0.6 is 15.9 Å². The zero-order valence-corrected chi connectivity index (χ0v) is 28.7. The first-order valence-electron chi connectivity index (χ1n) is 16.9. The molecule has 0 bridgehead atoms. The lowest BCUT2D eigenvalue weighted by atomic mass is 9.91. The molecule has 2 aromatic rings. The highest BCUT2D eigenvalue weighted by Crippen LogP contribution is 2.29. The van der Waals surface area contributed by atoms with Crippen LogP contribution in [0, 0.1) is 0 Å². The lowest BCUT2D eigenvalue weighted by Gasteiger charge is -2.43. The molecule has 0 radical (unpaired) electrons. The van der Waals surface area contributed by atoms with Crippen molar-refractivity contribution >= 4 is 39.6 Å². The Kier molecular flexibility index (Phi) is 10.3. The molecule has 4 heterocycles. The Morgan fingerprint density at radius 1 is 0.957 bits per heavy atom. The zero-order valence-electron chi connectivity index (χ0n) is 27.1. The van der Waals surface area contributed by atoms with Gasteiger partial charge in [-0.05, 0) is 97.1 Å². The molecule has 0 spiro atoms. The van der Waals surface area contributed by atoms with Crippen LogP contribution in [0.15, 0.2) is 46.9 Å². The third-order valence-electron chi connectivity index (χ3n) is 10.4. The van der Waals surface area contributed by atoms with Crippen LogP contribution in [0.25, 0.3) is 0 Å². The van der Waals surface area contributed by atoms with Crippen molar-refractivity contribution < 1.29 is 29.3 Å². The lowest BCUT2D eigenvalue weighted by molar-refractivity contribution is -0.142. The second-order valence-electron chi connectivity index (χ2n) is 13.7. The number of hydrogen-bond acceptors (Lipinski definition) is 7. The van der Waals surface area contributed by atoms with Crippen LogP contribution in [0.1, 0.15) is 56.6 Å². The van der Waals surface area contributed by atoms with Gasteiger partial charge in [0, 0.05) is 70.0 Å². The number of nitrogens with one attached hydrogen (secondary N) is 1. The molecule has 4 amide bonds. The maximum Gasteiger partial charge on any atom is 0.410 e. The number of para-hydroxylation sites is 1. The minimum absolute atomic E-state index is 0.00691. The van der Waals surface area contributed by atoms with E-state index >= 15 is 0 Å². The summed E-state index contributed by atoms with van der Waals surface area (Å²) < 4.78 is 6.51. The summed E-state index contributed by atoms with van der Waals surface area (Å²) in [4.78, 5) is 48.3.